The highest BCUT2D eigenvalue weighted by Gasteiger charge is 2.24. The number of urea groups is 1. The lowest BCUT2D eigenvalue weighted by atomic mass is 10.1. The molecule has 0 spiro atoms. The van der Waals surface area contributed by atoms with E-state index in [1.807, 2.05) is 50.2 Å². The molecule has 3 aromatic rings. The molecule has 8 nitrogen and oxygen atoms in total. The number of nitrogens with zero attached hydrogens (tertiary/aromatic N) is 2. The van der Waals surface area contributed by atoms with Crippen LogP contribution in [0.25, 0.3) is 10.9 Å². The van der Waals surface area contributed by atoms with Crippen molar-refractivity contribution in [2.24, 2.45) is 0 Å². The first-order valence-corrected chi connectivity index (χ1v) is 13.0. The zero-order chi connectivity index (χ0) is 24.1. The van der Waals surface area contributed by atoms with Gasteiger partial charge in [0.15, 0.2) is 0 Å². The van der Waals surface area contributed by atoms with E-state index in [9.17, 15) is 13.2 Å². The molecule has 0 aliphatic carbocycles. The van der Waals surface area contributed by atoms with Crippen LogP contribution in [0.5, 0.6) is 0 Å². The van der Waals surface area contributed by atoms with Crippen molar-refractivity contribution < 1.29 is 13.2 Å². The quantitative estimate of drug-likeness (QED) is 0.480. The Hall–Kier alpha value is -3.01. The number of carbonyl (C=O) groups is 1. The van der Waals surface area contributed by atoms with Gasteiger partial charge in [0.1, 0.15) is 0 Å². The number of amides is 2. The van der Waals surface area contributed by atoms with E-state index in [0.717, 1.165) is 53.8 Å². The molecule has 2 heterocycles. The van der Waals surface area contributed by atoms with Crippen molar-refractivity contribution in [1.82, 2.24) is 19.9 Å². The fourth-order valence-electron chi connectivity index (χ4n) is 4.25. The van der Waals surface area contributed by atoms with Gasteiger partial charge in [0, 0.05) is 30.2 Å². The summed E-state index contributed by atoms with van der Waals surface area (Å²) >= 11 is 0. The second-order valence-corrected chi connectivity index (χ2v) is 10.5. The molecular weight excluding hydrogens is 450 g/mol. The van der Waals surface area contributed by atoms with E-state index >= 15 is 0 Å². The van der Waals surface area contributed by atoms with Crippen molar-refractivity contribution in [3.8, 4) is 0 Å². The van der Waals surface area contributed by atoms with E-state index in [1.54, 1.807) is 18.2 Å². The van der Waals surface area contributed by atoms with E-state index in [0.29, 0.717) is 18.0 Å². The Morgan fingerprint density at radius 2 is 1.82 bits per heavy atom. The maximum atomic E-state index is 12.7. The van der Waals surface area contributed by atoms with Gasteiger partial charge in [-0.2, -0.15) is 0 Å². The molecule has 3 N–H and O–H groups in total. The molecule has 180 valence electrons. The van der Waals surface area contributed by atoms with E-state index in [4.69, 9.17) is 0 Å². The highest BCUT2D eigenvalue weighted by molar-refractivity contribution is 7.89. The summed E-state index contributed by atoms with van der Waals surface area (Å²) in [7, 11) is -3.51. The van der Waals surface area contributed by atoms with Gasteiger partial charge in [-0.3, -0.25) is 4.98 Å². The minimum atomic E-state index is -3.51. The highest BCUT2D eigenvalue weighted by atomic mass is 32.2. The van der Waals surface area contributed by atoms with Crippen molar-refractivity contribution in [2.75, 3.05) is 31.5 Å². The van der Waals surface area contributed by atoms with Crippen LogP contribution in [0.1, 0.15) is 24.1 Å². The maximum Gasteiger partial charge on any atom is 0.319 e. The fraction of sp³-hybridized carbons (Fsp3) is 0.360. The molecule has 0 radical (unpaired) electrons. The third-order valence-electron chi connectivity index (χ3n) is 6.02. The molecule has 1 aliphatic heterocycles. The van der Waals surface area contributed by atoms with Crippen LogP contribution in [0.4, 0.5) is 10.5 Å². The second-order valence-electron chi connectivity index (χ2n) is 8.76. The van der Waals surface area contributed by atoms with Gasteiger partial charge in [0.05, 0.1) is 16.1 Å². The third-order valence-corrected chi connectivity index (χ3v) is 7.53. The zero-order valence-electron chi connectivity index (χ0n) is 19.5. The Kier molecular flexibility index (Phi) is 7.45. The Bertz CT molecular complexity index is 1270. The smallest absolute Gasteiger partial charge is 0.319 e. The SMILES string of the molecule is Cc1cccc(S(=O)(=O)NC2CCN(CCNC(=O)Nc3cc(C)nc4ccccc34)CC2)c1. The molecule has 1 aliphatic rings. The van der Waals surface area contributed by atoms with Crippen LogP contribution < -0.4 is 15.4 Å². The van der Waals surface area contributed by atoms with Gasteiger partial charge in [0.25, 0.3) is 0 Å². The number of piperidine rings is 1. The molecule has 2 amide bonds. The number of nitrogens with one attached hydrogen (secondary N) is 3. The van der Waals surface area contributed by atoms with Crippen molar-refractivity contribution in [1.29, 1.82) is 0 Å². The summed E-state index contributed by atoms with van der Waals surface area (Å²) in [6.07, 6.45) is 1.47. The Morgan fingerprint density at radius 3 is 2.59 bits per heavy atom. The molecule has 0 bridgehead atoms. The fourth-order valence-corrected chi connectivity index (χ4v) is 5.66. The molecule has 1 fully saturated rings. The third kappa shape index (κ3) is 6.11. The zero-order valence-corrected chi connectivity index (χ0v) is 20.4. The number of rotatable bonds is 7. The maximum absolute atomic E-state index is 12.7. The van der Waals surface area contributed by atoms with Crippen LogP contribution in [0, 0.1) is 13.8 Å². The lowest BCUT2D eigenvalue weighted by Crippen LogP contribution is -2.46. The van der Waals surface area contributed by atoms with Crippen LogP contribution in [0.15, 0.2) is 59.5 Å². The van der Waals surface area contributed by atoms with Gasteiger partial charge in [0.2, 0.25) is 10.0 Å². The summed E-state index contributed by atoms with van der Waals surface area (Å²) in [4.78, 5) is 19.5. The van der Waals surface area contributed by atoms with E-state index < -0.39 is 10.0 Å². The number of anilines is 1. The largest absolute Gasteiger partial charge is 0.337 e. The van der Waals surface area contributed by atoms with Gasteiger partial charge in [-0.05, 0) is 69.6 Å². The monoisotopic (exact) mass is 481 g/mol. The topological polar surface area (TPSA) is 103 Å². The lowest BCUT2D eigenvalue weighted by molar-refractivity contribution is 0.206. The average molecular weight is 482 g/mol. The predicted octanol–water partition coefficient (Wildman–Crippen LogP) is 3.42. The first-order valence-electron chi connectivity index (χ1n) is 11.5. The van der Waals surface area contributed by atoms with E-state index in [-0.39, 0.29) is 12.1 Å². The first-order chi connectivity index (χ1) is 16.3. The number of hydrogen-bond donors (Lipinski definition) is 3. The van der Waals surface area contributed by atoms with E-state index in [1.165, 1.54) is 0 Å². The van der Waals surface area contributed by atoms with Crippen LogP contribution in [0.3, 0.4) is 0 Å². The summed E-state index contributed by atoms with van der Waals surface area (Å²) in [6, 6.07) is 16.2. The Balaban J connectivity index is 1.22. The predicted molar refractivity (Wildman–Crippen MR) is 134 cm³/mol. The molecular formula is C25H31N5O3S. The summed E-state index contributed by atoms with van der Waals surface area (Å²) in [5.41, 5.74) is 3.34. The number of fused-ring (bicyclic) bond motifs is 1. The summed E-state index contributed by atoms with van der Waals surface area (Å²) < 4.78 is 28.1. The number of likely N-dealkylation sites (tertiary alicyclic amines) is 1. The molecule has 1 aromatic heterocycles. The number of aromatic nitrogens is 1. The summed E-state index contributed by atoms with van der Waals surface area (Å²) in [6.45, 7) is 6.55. The van der Waals surface area contributed by atoms with Gasteiger partial charge in [-0.25, -0.2) is 17.9 Å². The van der Waals surface area contributed by atoms with Crippen molar-refractivity contribution in [3.05, 3.63) is 65.9 Å². The molecule has 0 unspecified atom stereocenters. The molecule has 34 heavy (non-hydrogen) atoms. The average Bonchev–Trinajstić information content (AvgIpc) is 2.80. The Labute approximate surface area is 200 Å². The molecule has 0 saturated carbocycles. The number of benzene rings is 2. The standard InChI is InChI=1S/C25H31N5O3S/c1-18-6-5-7-21(16-18)34(32,33)29-20-10-13-30(14-11-20)15-12-26-25(31)28-24-17-19(2)27-23-9-4-3-8-22(23)24/h3-9,16-17,20,29H,10-15H2,1-2H3,(H2,26,27,28,31). The number of aryl methyl sites for hydroxylation is 2. The van der Waals surface area contributed by atoms with Crippen LogP contribution in [-0.4, -0.2) is 56.6 Å². The van der Waals surface area contributed by atoms with Crippen LogP contribution in [-0.2, 0) is 10.0 Å². The molecule has 9 heteroatoms. The minimum absolute atomic E-state index is 0.0822. The van der Waals surface area contributed by atoms with Gasteiger partial charge in [-0.1, -0.05) is 30.3 Å². The number of sulfonamides is 1. The van der Waals surface area contributed by atoms with Gasteiger partial charge in [-0.15, -0.1) is 0 Å². The summed E-state index contributed by atoms with van der Waals surface area (Å²) in [5.74, 6) is 0. The highest BCUT2D eigenvalue weighted by Crippen LogP contribution is 2.22. The van der Waals surface area contributed by atoms with Gasteiger partial charge >= 0.3 is 6.03 Å². The number of para-hydroxylation sites is 1. The molecule has 2 aromatic carbocycles. The molecule has 1 saturated heterocycles. The first kappa shape index (κ1) is 24.1. The lowest BCUT2D eigenvalue weighted by Gasteiger charge is -2.32. The number of hydrogen-bond acceptors (Lipinski definition) is 5. The van der Waals surface area contributed by atoms with Crippen LogP contribution >= 0.6 is 0 Å². The van der Waals surface area contributed by atoms with Crippen molar-refractivity contribution >= 4 is 32.6 Å². The summed E-state index contributed by atoms with van der Waals surface area (Å²) in [5, 5.41) is 6.75. The molecule has 0 atom stereocenters. The molecule has 4 rings (SSSR count). The number of pyridine rings is 1. The van der Waals surface area contributed by atoms with Crippen LogP contribution in [0.2, 0.25) is 0 Å². The minimum Gasteiger partial charge on any atom is -0.337 e. The Morgan fingerprint density at radius 1 is 1.06 bits per heavy atom. The van der Waals surface area contributed by atoms with Gasteiger partial charge < -0.3 is 15.5 Å². The normalized spacial score (nSPS) is 15.4. The second kappa shape index (κ2) is 10.5. The van der Waals surface area contributed by atoms with Crippen molar-refractivity contribution in [2.45, 2.75) is 37.6 Å². The van der Waals surface area contributed by atoms with E-state index in [2.05, 4.69) is 25.2 Å². The number of carbonyl (C=O) groups excluding carboxylic acids is 1. The van der Waals surface area contributed by atoms with Crippen molar-refractivity contribution in [3.63, 3.8) is 0 Å².